The van der Waals surface area contributed by atoms with E-state index in [1.807, 2.05) is 0 Å². The molecule has 0 fully saturated rings. The minimum Gasteiger partial charge on any atom is -0.319 e. The minimum absolute atomic E-state index is 0.00959. The molecule has 15 heavy (non-hydrogen) atoms. The third kappa shape index (κ3) is 3.75. The molecule has 0 aromatic heterocycles. The van der Waals surface area contributed by atoms with Gasteiger partial charge in [0.25, 0.3) is 0 Å². The van der Waals surface area contributed by atoms with Crippen LogP contribution in [0, 0.1) is 11.6 Å². The number of rotatable bonds is 5. The zero-order valence-electron chi connectivity index (χ0n) is 8.52. The number of halogens is 2. The summed E-state index contributed by atoms with van der Waals surface area (Å²) in [6.45, 7) is 0.600. The summed E-state index contributed by atoms with van der Waals surface area (Å²) >= 11 is 0. The smallest absolute Gasteiger partial charge is 0.159 e. The summed E-state index contributed by atoms with van der Waals surface area (Å²) in [4.78, 5) is 11.3. The van der Waals surface area contributed by atoms with Crippen LogP contribution in [-0.4, -0.2) is 19.4 Å². The Balaban J connectivity index is 2.57. The normalized spacial score (nSPS) is 10.3. The largest absolute Gasteiger partial charge is 0.319 e. The third-order valence-corrected chi connectivity index (χ3v) is 2.04. The second-order valence-electron chi connectivity index (χ2n) is 3.32. The van der Waals surface area contributed by atoms with E-state index in [1.165, 1.54) is 6.07 Å². The van der Waals surface area contributed by atoms with Crippen LogP contribution in [0.5, 0.6) is 0 Å². The molecule has 0 unspecified atom stereocenters. The molecule has 0 atom stereocenters. The average Bonchev–Trinajstić information content (AvgIpc) is 2.20. The molecular weight excluding hydrogens is 200 g/mol. The van der Waals surface area contributed by atoms with Crippen molar-refractivity contribution in [2.75, 3.05) is 13.6 Å². The molecule has 1 rings (SSSR count). The molecule has 0 saturated carbocycles. The van der Waals surface area contributed by atoms with Gasteiger partial charge in [-0.05, 0) is 24.7 Å². The second kappa shape index (κ2) is 5.56. The van der Waals surface area contributed by atoms with E-state index in [4.69, 9.17) is 0 Å². The minimum atomic E-state index is -0.908. The number of carbonyl (C=O) groups excluding carboxylic acids is 1. The maximum atomic E-state index is 12.8. The molecule has 0 aliphatic rings. The van der Waals surface area contributed by atoms with Crippen molar-refractivity contribution >= 4 is 5.78 Å². The highest BCUT2D eigenvalue weighted by Crippen LogP contribution is 2.09. The van der Waals surface area contributed by atoms with Gasteiger partial charge in [-0.15, -0.1) is 0 Å². The van der Waals surface area contributed by atoms with E-state index in [0.29, 0.717) is 18.5 Å². The first-order chi connectivity index (χ1) is 7.13. The Morgan fingerprint density at radius 1 is 1.33 bits per heavy atom. The van der Waals surface area contributed by atoms with Gasteiger partial charge < -0.3 is 5.32 Å². The van der Waals surface area contributed by atoms with Crippen LogP contribution in [0.15, 0.2) is 18.2 Å². The fourth-order valence-electron chi connectivity index (χ4n) is 1.23. The van der Waals surface area contributed by atoms with Crippen LogP contribution in [0.25, 0.3) is 0 Å². The molecule has 0 radical (unpaired) electrons. The Hall–Kier alpha value is -1.29. The van der Waals surface area contributed by atoms with E-state index in [9.17, 15) is 13.6 Å². The van der Waals surface area contributed by atoms with Crippen LogP contribution in [0.2, 0.25) is 0 Å². The van der Waals surface area contributed by atoms with Crippen molar-refractivity contribution in [3.05, 3.63) is 35.4 Å². The van der Waals surface area contributed by atoms with E-state index in [1.54, 1.807) is 7.05 Å². The number of Topliss-reactive ketones (excluding diaryl/α,β-unsaturated/α-hetero) is 1. The van der Waals surface area contributed by atoms with Gasteiger partial charge >= 0.3 is 0 Å². The van der Waals surface area contributed by atoms with Gasteiger partial charge in [-0.3, -0.25) is 4.79 Å². The zero-order valence-corrected chi connectivity index (χ0v) is 8.52. The first kappa shape index (κ1) is 11.8. The van der Waals surface area contributed by atoms with Gasteiger partial charge in [-0.2, -0.15) is 0 Å². The van der Waals surface area contributed by atoms with Crippen molar-refractivity contribution in [2.24, 2.45) is 0 Å². The van der Waals surface area contributed by atoms with Gasteiger partial charge in [0.15, 0.2) is 11.6 Å². The van der Waals surface area contributed by atoms with E-state index in [-0.39, 0.29) is 12.2 Å². The molecule has 1 aromatic rings. The van der Waals surface area contributed by atoms with Crippen LogP contribution in [-0.2, 0) is 11.2 Å². The van der Waals surface area contributed by atoms with Crippen molar-refractivity contribution in [1.29, 1.82) is 0 Å². The molecule has 2 nitrogen and oxygen atoms in total. The summed E-state index contributed by atoms with van der Waals surface area (Å²) in [5.74, 6) is -1.79. The Morgan fingerprint density at radius 2 is 2.07 bits per heavy atom. The lowest BCUT2D eigenvalue weighted by atomic mass is 10.1. The number of hydrogen-bond acceptors (Lipinski definition) is 2. The van der Waals surface area contributed by atoms with Gasteiger partial charge in [0.05, 0.1) is 0 Å². The van der Waals surface area contributed by atoms with Gasteiger partial charge in [0.2, 0.25) is 0 Å². The highest BCUT2D eigenvalue weighted by atomic mass is 19.2. The monoisotopic (exact) mass is 213 g/mol. The second-order valence-corrected chi connectivity index (χ2v) is 3.32. The van der Waals surface area contributed by atoms with Gasteiger partial charge in [-0.25, -0.2) is 8.78 Å². The Kier molecular flexibility index (Phi) is 4.37. The fourth-order valence-corrected chi connectivity index (χ4v) is 1.23. The number of benzene rings is 1. The summed E-state index contributed by atoms with van der Waals surface area (Å²) in [5, 5.41) is 2.85. The molecule has 4 heteroatoms. The van der Waals surface area contributed by atoms with Gasteiger partial charge in [0.1, 0.15) is 5.78 Å². The van der Waals surface area contributed by atoms with Crippen LogP contribution >= 0.6 is 0 Å². The summed E-state index contributed by atoms with van der Waals surface area (Å²) in [6.07, 6.45) is 0.550. The van der Waals surface area contributed by atoms with Crippen LogP contribution in [0.4, 0.5) is 8.78 Å². The lowest BCUT2D eigenvalue weighted by molar-refractivity contribution is -0.118. The lowest BCUT2D eigenvalue weighted by Crippen LogP contribution is -2.14. The van der Waals surface area contributed by atoms with Crippen LogP contribution in [0.1, 0.15) is 12.0 Å². The van der Waals surface area contributed by atoms with Gasteiger partial charge in [0, 0.05) is 19.4 Å². The molecule has 0 amide bonds. The van der Waals surface area contributed by atoms with E-state index >= 15 is 0 Å². The predicted octanol–water partition coefficient (Wildman–Crippen LogP) is 1.69. The van der Waals surface area contributed by atoms with Crippen molar-refractivity contribution in [1.82, 2.24) is 5.32 Å². The molecule has 1 aromatic carbocycles. The van der Waals surface area contributed by atoms with E-state index in [0.717, 1.165) is 12.1 Å². The maximum absolute atomic E-state index is 12.8. The number of carbonyl (C=O) groups is 1. The molecule has 0 heterocycles. The molecule has 0 aliphatic heterocycles. The topological polar surface area (TPSA) is 29.1 Å². The molecule has 1 N–H and O–H groups in total. The molecule has 82 valence electrons. The number of nitrogens with one attached hydrogen (secondary N) is 1. The Morgan fingerprint density at radius 3 is 2.67 bits per heavy atom. The Bertz CT molecular complexity index is 352. The highest BCUT2D eigenvalue weighted by molar-refractivity contribution is 5.81. The molecule has 0 bridgehead atoms. The number of ketones is 1. The van der Waals surface area contributed by atoms with Crippen LogP contribution in [0.3, 0.4) is 0 Å². The fraction of sp³-hybridized carbons (Fsp3) is 0.364. The van der Waals surface area contributed by atoms with Crippen molar-refractivity contribution in [3.8, 4) is 0 Å². The van der Waals surface area contributed by atoms with Gasteiger partial charge in [-0.1, -0.05) is 6.07 Å². The third-order valence-electron chi connectivity index (χ3n) is 2.04. The predicted molar refractivity (Wildman–Crippen MR) is 53.6 cm³/mol. The van der Waals surface area contributed by atoms with E-state index in [2.05, 4.69) is 5.32 Å². The standard InChI is InChI=1S/C11H13F2NO/c1-14-5-4-9(15)6-8-2-3-10(12)11(13)7-8/h2-3,7,14H,4-6H2,1H3. The van der Waals surface area contributed by atoms with Crippen molar-refractivity contribution in [2.45, 2.75) is 12.8 Å². The van der Waals surface area contributed by atoms with Crippen molar-refractivity contribution in [3.63, 3.8) is 0 Å². The summed E-state index contributed by atoms with van der Waals surface area (Å²) in [7, 11) is 1.75. The summed E-state index contributed by atoms with van der Waals surface area (Å²) < 4.78 is 25.4. The molecular formula is C11H13F2NO. The average molecular weight is 213 g/mol. The zero-order chi connectivity index (χ0) is 11.3. The Labute approximate surface area is 87.3 Å². The molecule has 0 saturated heterocycles. The highest BCUT2D eigenvalue weighted by Gasteiger charge is 2.06. The van der Waals surface area contributed by atoms with Crippen LogP contribution < -0.4 is 5.32 Å². The van der Waals surface area contributed by atoms with E-state index < -0.39 is 11.6 Å². The molecule has 0 aliphatic carbocycles. The van der Waals surface area contributed by atoms with Crippen molar-refractivity contribution < 1.29 is 13.6 Å². The first-order valence-electron chi connectivity index (χ1n) is 4.73. The lowest BCUT2D eigenvalue weighted by Gasteiger charge is -2.01. The molecule has 0 spiro atoms. The quantitative estimate of drug-likeness (QED) is 0.806. The number of hydrogen-bond donors (Lipinski definition) is 1. The summed E-state index contributed by atoms with van der Waals surface area (Å²) in [6, 6.07) is 3.53. The maximum Gasteiger partial charge on any atom is 0.159 e. The SMILES string of the molecule is CNCCC(=O)Cc1ccc(F)c(F)c1. The first-order valence-corrected chi connectivity index (χ1v) is 4.73. The summed E-state index contributed by atoms with van der Waals surface area (Å²) in [5.41, 5.74) is 0.509.